The van der Waals surface area contributed by atoms with Gasteiger partial charge in [-0.25, -0.2) is 4.79 Å². The summed E-state index contributed by atoms with van der Waals surface area (Å²) in [6.45, 7) is 0. The Kier molecular flexibility index (Phi) is 2.40. The smallest absolute Gasteiger partial charge is 0.327 e. The molecule has 2 nitrogen and oxygen atoms in total. The van der Waals surface area contributed by atoms with Gasteiger partial charge in [0.1, 0.15) is 0 Å². The van der Waals surface area contributed by atoms with E-state index >= 15 is 0 Å². The second-order valence-electron chi connectivity index (χ2n) is 0.838. The zero-order chi connectivity index (χ0) is 4.99. The second kappa shape index (κ2) is 2.65. The van der Waals surface area contributed by atoms with Crippen molar-refractivity contribution >= 4 is 16.2 Å². The normalized spacial score (nSPS) is 10.0. The summed E-state index contributed by atoms with van der Waals surface area (Å²) in [4.78, 5) is 9.53. The highest BCUT2D eigenvalue weighted by molar-refractivity contribution is 6.18. The van der Waals surface area contributed by atoms with E-state index in [9.17, 15) is 4.79 Å². The van der Waals surface area contributed by atoms with E-state index in [2.05, 4.69) is 0 Å². The van der Waals surface area contributed by atoms with E-state index in [1.807, 2.05) is 0 Å². The minimum atomic E-state index is -0.856. The van der Waals surface area contributed by atoms with Crippen molar-refractivity contribution in [3.63, 3.8) is 0 Å². The lowest BCUT2D eigenvalue weighted by Gasteiger charge is -1.68. The first-order valence-electron chi connectivity index (χ1n) is 1.63. The van der Waals surface area contributed by atoms with Gasteiger partial charge in [0.15, 0.2) is 0 Å². The number of aliphatic carboxylic acids is 1. The molecule has 0 heterocycles. The summed E-state index contributed by atoms with van der Waals surface area (Å²) in [6.07, 6.45) is 1.15. The molecule has 0 amide bonds. The zero-order valence-corrected chi connectivity index (χ0v) is 5.51. The van der Waals surface area contributed by atoms with Crippen molar-refractivity contribution in [2.75, 3.05) is 0 Å². The van der Waals surface area contributed by atoms with E-state index in [0.717, 1.165) is 16.3 Å². The van der Waals surface area contributed by atoms with Gasteiger partial charge in [0.25, 0.3) is 0 Å². The summed E-state index contributed by atoms with van der Waals surface area (Å²) < 4.78 is 0. The van der Waals surface area contributed by atoms with Crippen LogP contribution in [-0.4, -0.2) is 21.3 Å². The Labute approximate surface area is 38.9 Å². The molecule has 0 saturated heterocycles. The van der Waals surface area contributed by atoms with Crippen molar-refractivity contribution in [1.29, 1.82) is 0 Å². The molecular weight excluding hydrogens is 96.1 g/mol. The molecule has 34 valence electrons. The summed E-state index contributed by atoms with van der Waals surface area (Å²) in [7, 11) is 0.825. The number of carbonyl (C=O) groups is 1. The largest absolute Gasteiger partial charge is 0.478 e. The van der Waals surface area contributed by atoms with Crippen LogP contribution in [0.3, 0.4) is 0 Å². The molecule has 0 atom stereocenters. The molecule has 0 aliphatic rings. The summed E-state index contributed by atoms with van der Waals surface area (Å²) in [5, 5.41) is 7.85. The first kappa shape index (κ1) is 5.43. The Morgan fingerprint density at radius 2 is 2.33 bits per heavy atom. The molecule has 0 aliphatic heterocycles. The minimum absolute atomic E-state index is 0.825. The van der Waals surface area contributed by atoms with Crippen molar-refractivity contribution in [2.45, 2.75) is 0 Å². The van der Waals surface area contributed by atoms with Crippen LogP contribution in [-0.2, 0) is 4.79 Å². The molecule has 0 unspecified atom stereocenters. The van der Waals surface area contributed by atoms with Crippen molar-refractivity contribution in [2.24, 2.45) is 0 Å². The van der Waals surface area contributed by atoms with Gasteiger partial charge in [0.2, 0.25) is 0 Å². The maximum absolute atomic E-state index is 9.53. The van der Waals surface area contributed by atoms with Crippen LogP contribution in [0.15, 0.2) is 11.8 Å². The molecule has 0 aromatic heterocycles. The molecule has 0 aromatic rings. The van der Waals surface area contributed by atoms with Crippen LogP contribution < -0.4 is 0 Å². The van der Waals surface area contributed by atoms with Crippen molar-refractivity contribution < 1.29 is 9.90 Å². The van der Waals surface area contributed by atoms with E-state index in [1.54, 1.807) is 5.70 Å². The maximum Gasteiger partial charge on any atom is 0.327 e. The maximum atomic E-state index is 9.53. The molecule has 0 rings (SSSR count). The van der Waals surface area contributed by atoms with Crippen LogP contribution in [0.4, 0.5) is 0 Å². The Balaban J connectivity index is 3.30. The van der Waals surface area contributed by atoms with Gasteiger partial charge in [-0.3, -0.25) is 0 Å². The van der Waals surface area contributed by atoms with Crippen molar-refractivity contribution in [1.82, 2.24) is 0 Å². The fourth-order valence-corrected chi connectivity index (χ4v) is 0.428. The first-order chi connectivity index (χ1) is 2.77. The molecule has 0 saturated carbocycles. The van der Waals surface area contributed by atoms with Gasteiger partial charge in [-0.1, -0.05) is 5.70 Å². The summed E-state index contributed by atoms with van der Waals surface area (Å²) in [5.74, 6) is -0.856. The third kappa shape index (κ3) is 3.43. The predicted molar refractivity (Wildman–Crippen MR) is 26.7 cm³/mol. The van der Waals surface area contributed by atoms with Crippen molar-refractivity contribution in [3.8, 4) is 0 Å². The number of hydrogen-bond acceptors (Lipinski definition) is 1. The van der Waals surface area contributed by atoms with Gasteiger partial charge in [-0.05, 0) is 0 Å². The standard InChI is InChI=1S/C3H6O2Si/c4-3(5)1-2-6/h1-2H,6H3,(H,4,5)/b2-1-. The van der Waals surface area contributed by atoms with E-state index < -0.39 is 5.97 Å². The van der Waals surface area contributed by atoms with Gasteiger partial charge in [-0.15, -0.1) is 0 Å². The Morgan fingerprint density at radius 1 is 1.83 bits per heavy atom. The fourth-order valence-electron chi connectivity index (χ4n) is 0.143. The first-order valence-corrected chi connectivity index (χ1v) is 2.78. The fraction of sp³-hybridized carbons (Fsp3) is 0. The molecule has 6 heavy (non-hydrogen) atoms. The van der Waals surface area contributed by atoms with Crippen LogP contribution >= 0.6 is 0 Å². The van der Waals surface area contributed by atoms with Crippen LogP contribution in [0.5, 0.6) is 0 Å². The average Bonchev–Trinajstić information content (AvgIpc) is 1.35. The van der Waals surface area contributed by atoms with Gasteiger partial charge < -0.3 is 5.11 Å². The van der Waals surface area contributed by atoms with Crippen LogP contribution in [0.1, 0.15) is 0 Å². The van der Waals surface area contributed by atoms with Gasteiger partial charge in [0, 0.05) is 16.3 Å². The molecule has 0 aliphatic carbocycles. The van der Waals surface area contributed by atoms with Gasteiger partial charge in [-0.2, -0.15) is 0 Å². The molecular formula is C3H6O2Si. The molecule has 1 N–H and O–H groups in total. The van der Waals surface area contributed by atoms with Gasteiger partial charge in [0.05, 0.1) is 0 Å². The van der Waals surface area contributed by atoms with Crippen LogP contribution in [0.2, 0.25) is 0 Å². The third-order valence-corrected chi connectivity index (χ3v) is 0.643. The summed E-state index contributed by atoms with van der Waals surface area (Å²) >= 11 is 0. The van der Waals surface area contributed by atoms with Crippen LogP contribution in [0, 0.1) is 0 Å². The zero-order valence-electron chi connectivity index (χ0n) is 3.51. The number of carboxylic acids is 1. The van der Waals surface area contributed by atoms with E-state index in [-0.39, 0.29) is 0 Å². The molecule has 0 fully saturated rings. The Morgan fingerprint density at radius 3 is 2.33 bits per heavy atom. The number of hydrogen-bond donors (Lipinski definition) is 1. The van der Waals surface area contributed by atoms with Crippen LogP contribution in [0.25, 0.3) is 0 Å². The van der Waals surface area contributed by atoms with E-state index in [1.165, 1.54) is 0 Å². The molecule has 3 heteroatoms. The summed E-state index contributed by atoms with van der Waals surface area (Å²) in [6, 6.07) is 0. The topological polar surface area (TPSA) is 37.3 Å². The van der Waals surface area contributed by atoms with Gasteiger partial charge >= 0.3 is 5.97 Å². The number of rotatable bonds is 1. The third-order valence-electron chi connectivity index (χ3n) is 0.309. The summed E-state index contributed by atoms with van der Waals surface area (Å²) in [5.41, 5.74) is 1.61. The molecule has 0 bridgehead atoms. The minimum Gasteiger partial charge on any atom is -0.478 e. The lowest BCUT2D eigenvalue weighted by atomic mass is 10.7. The Bertz CT molecular complexity index is 76.9. The monoisotopic (exact) mass is 102 g/mol. The predicted octanol–water partition coefficient (Wildman–Crippen LogP) is -1.05. The average molecular weight is 102 g/mol. The SMILES string of the molecule is O=C(O)/C=C\[SiH3]. The second-order valence-corrected chi connectivity index (χ2v) is 1.50. The number of carboxylic acid groups (broad SMARTS) is 1. The van der Waals surface area contributed by atoms with E-state index in [4.69, 9.17) is 5.11 Å². The quantitative estimate of drug-likeness (QED) is 0.339. The Hall–Kier alpha value is -0.573. The van der Waals surface area contributed by atoms with E-state index in [0.29, 0.717) is 0 Å². The molecule has 0 radical (unpaired) electrons. The molecule has 0 aromatic carbocycles. The highest BCUT2D eigenvalue weighted by Crippen LogP contribution is 1.61. The lowest BCUT2D eigenvalue weighted by molar-refractivity contribution is -0.131. The highest BCUT2D eigenvalue weighted by Gasteiger charge is 1.76. The highest BCUT2D eigenvalue weighted by atomic mass is 28.1. The molecule has 0 spiro atoms. The van der Waals surface area contributed by atoms with Crippen molar-refractivity contribution in [3.05, 3.63) is 11.8 Å². The lowest BCUT2D eigenvalue weighted by Crippen LogP contribution is -1.84.